The molecular formula is C24H22N2O5. The number of aryl methyl sites for hydroxylation is 1. The first-order valence-corrected chi connectivity index (χ1v) is 9.64. The number of H-pyrrole nitrogens is 1. The van der Waals surface area contributed by atoms with E-state index in [4.69, 9.17) is 4.74 Å². The summed E-state index contributed by atoms with van der Waals surface area (Å²) in [4.78, 5) is 51.4. The maximum atomic E-state index is 12.4. The molecule has 0 aliphatic carbocycles. The number of aromatic amines is 1. The fourth-order valence-corrected chi connectivity index (χ4v) is 3.30. The molecule has 3 rings (SSSR count). The van der Waals surface area contributed by atoms with Crippen molar-refractivity contribution >= 4 is 29.1 Å². The Hall–Kier alpha value is -4.00. The number of carbonyl (C=O) groups is 4. The summed E-state index contributed by atoms with van der Waals surface area (Å²) in [6, 6.07) is 15.1. The molecule has 0 aliphatic heterocycles. The van der Waals surface area contributed by atoms with Crippen molar-refractivity contribution in [3.8, 4) is 0 Å². The molecule has 0 bridgehead atoms. The Bertz CT molecular complexity index is 1140. The van der Waals surface area contributed by atoms with Gasteiger partial charge in [0, 0.05) is 28.1 Å². The van der Waals surface area contributed by atoms with Crippen LogP contribution in [-0.4, -0.2) is 35.0 Å². The van der Waals surface area contributed by atoms with Crippen LogP contribution in [-0.2, 0) is 4.74 Å². The third-order valence-electron chi connectivity index (χ3n) is 4.83. The van der Waals surface area contributed by atoms with Gasteiger partial charge in [-0.05, 0) is 62.7 Å². The maximum Gasteiger partial charge on any atom is 0.355 e. The molecule has 31 heavy (non-hydrogen) atoms. The minimum Gasteiger partial charge on any atom is -0.453 e. The Labute approximate surface area is 179 Å². The molecular weight excluding hydrogens is 396 g/mol. The van der Waals surface area contributed by atoms with Crippen LogP contribution in [0, 0.1) is 13.8 Å². The average Bonchev–Trinajstić information content (AvgIpc) is 3.07. The van der Waals surface area contributed by atoms with E-state index in [1.807, 2.05) is 6.07 Å². The van der Waals surface area contributed by atoms with Gasteiger partial charge in [-0.25, -0.2) is 4.79 Å². The lowest BCUT2D eigenvalue weighted by Gasteiger charge is -2.07. The quantitative estimate of drug-likeness (QED) is 0.443. The summed E-state index contributed by atoms with van der Waals surface area (Å²) in [7, 11) is 0. The van der Waals surface area contributed by atoms with E-state index >= 15 is 0 Å². The van der Waals surface area contributed by atoms with Crippen molar-refractivity contribution < 1.29 is 23.9 Å². The van der Waals surface area contributed by atoms with Gasteiger partial charge in [0.25, 0.3) is 5.91 Å². The van der Waals surface area contributed by atoms with Gasteiger partial charge in [0.15, 0.2) is 18.2 Å². The van der Waals surface area contributed by atoms with Gasteiger partial charge in [-0.1, -0.05) is 18.2 Å². The fraction of sp³-hybridized carbons (Fsp3) is 0.167. The number of nitrogens with one attached hydrogen (secondary N) is 2. The first-order chi connectivity index (χ1) is 14.8. The molecule has 0 saturated carbocycles. The number of aromatic nitrogens is 1. The maximum absolute atomic E-state index is 12.4. The van der Waals surface area contributed by atoms with E-state index in [9.17, 15) is 19.2 Å². The van der Waals surface area contributed by atoms with Gasteiger partial charge in [0.2, 0.25) is 0 Å². The number of hydrogen-bond donors (Lipinski definition) is 2. The summed E-state index contributed by atoms with van der Waals surface area (Å²) < 4.78 is 5.13. The number of benzene rings is 2. The third kappa shape index (κ3) is 4.95. The lowest BCUT2D eigenvalue weighted by molar-refractivity contribution is 0.0468. The molecule has 0 spiro atoms. The van der Waals surface area contributed by atoms with Gasteiger partial charge in [-0.15, -0.1) is 0 Å². The molecule has 1 aromatic heterocycles. The molecule has 0 saturated heterocycles. The number of carbonyl (C=O) groups excluding carboxylic acids is 4. The lowest BCUT2D eigenvalue weighted by Crippen LogP contribution is -2.16. The lowest BCUT2D eigenvalue weighted by atomic mass is 10.1. The van der Waals surface area contributed by atoms with Crippen molar-refractivity contribution in [2.24, 2.45) is 0 Å². The molecule has 0 aliphatic rings. The van der Waals surface area contributed by atoms with E-state index in [1.54, 1.807) is 62.4 Å². The topological polar surface area (TPSA) is 105 Å². The number of amides is 1. The Morgan fingerprint density at radius 1 is 0.903 bits per heavy atom. The smallest absolute Gasteiger partial charge is 0.355 e. The summed E-state index contributed by atoms with van der Waals surface area (Å²) in [5.74, 6) is -1.49. The average molecular weight is 418 g/mol. The van der Waals surface area contributed by atoms with Gasteiger partial charge in [0.05, 0.1) is 0 Å². The van der Waals surface area contributed by atoms with E-state index in [0.29, 0.717) is 33.6 Å². The minimum atomic E-state index is -0.701. The second-order valence-corrected chi connectivity index (χ2v) is 7.08. The summed E-state index contributed by atoms with van der Waals surface area (Å²) in [6.45, 7) is 4.33. The van der Waals surface area contributed by atoms with Crippen molar-refractivity contribution in [1.82, 2.24) is 4.98 Å². The van der Waals surface area contributed by atoms with E-state index in [2.05, 4.69) is 10.3 Å². The summed E-state index contributed by atoms with van der Waals surface area (Å²) in [6.07, 6.45) is 0. The third-order valence-corrected chi connectivity index (χ3v) is 4.83. The molecule has 7 heteroatoms. The van der Waals surface area contributed by atoms with E-state index in [0.717, 1.165) is 0 Å². The van der Waals surface area contributed by atoms with Crippen LogP contribution in [0.2, 0.25) is 0 Å². The van der Waals surface area contributed by atoms with E-state index < -0.39 is 12.6 Å². The Morgan fingerprint density at radius 2 is 1.55 bits per heavy atom. The van der Waals surface area contributed by atoms with Crippen LogP contribution in [0.15, 0.2) is 54.6 Å². The first-order valence-electron chi connectivity index (χ1n) is 9.64. The standard InChI is InChI=1S/C24H22N2O5/c1-14-21(16(3)27)15(2)25-22(14)24(30)31-13-20(28)17-9-11-19(12-10-17)26-23(29)18-7-5-4-6-8-18/h4-12,25H,13H2,1-3H3,(H,26,29). The van der Waals surface area contributed by atoms with Gasteiger partial charge < -0.3 is 15.0 Å². The van der Waals surface area contributed by atoms with Gasteiger partial charge in [0.1, 0.15) is 5.69 Å². The van der Waals surface area contributed by atoms with Crippen LogP contribution in [0.1, 0.15) is 59.7 Å². The Morgan fingerprint density at radius 3 is 2.13 bits per heavy atom. The molecule has 0 radical (unpaired) electrons. The van der Waals surface area contributed by atoms with Gasteiger partial charge >= 0.3 is 5.97 Å². The van der Waals surface area contributed by atoms with Crippen molar-refractivity contribution in [3.05, 3.63) is 88.2 Å². The molecule has 2 N–H and O–H groups in total. The second-order valence-electron chi connectivity index (χ2n) is 7.08. The van der Waals surface area contributed by atoms with Crippen LogP contribution >= 0.6 is 0 Å². The van der Waals surface area contributed by atoms with Crippen LogP contribution in [0.25, 0.3) is 0 Å². The highest BCUT2D eigenvalue weighted by Crippen LogP contribution is 2.19. The number of hydrogen-bond acceptors (Lipinski definition) is 5. The zero-order chi connectivity index (χ0) is 22.5. The van der Waals surface area contributed by atoms with Crippen molar-refractivity contribution in [1.29, 1.82) is 0 Å². The number of anilines is 1. The number of ketones is 2. The van der Waals surface area contributed by atoms with Crippen LogP contribution in [0.3, 0.4) is 0 Å². The molecule has 7 nitrogen and oxygen atoms in total. The minimum absolute atomic E-state index is 0.152. The zero-order valence-corrected chi connectivity index (χ0v) is 17.4. The zero-order valence-electron chi connectivity index (χ0n) is 17.4. The fourth-order valence-electron chi connectivity index (χ4n) is 3.30. The normalized spacial score (nSPS) is 10.4. The number of Topliss-reactive ketones (excluding diaryl/α,β-unsaturated/α-hetero) is 2. The molecule has 0 unspecified atom stereocenters. The van der Waals surface area contributed by atoms with Crippen LogP contribution < -0.4 is 5.32 Å². The predicted octanol–water partition coefficient (Wildman–Crippen LogP) is 4.13. The van der Waals surface area contributed by atoms with Crippen molar-refractivity contribution in [2.75, 3.05) is 11.9 Å². The number of ether oxygens (including phenoxy) is 1. The summed E-state index contributed by atoms with van der Waals surface area (Å²) >= 11 is 0. The first kappa shape index (κ1) is 21.7. The highest BCUT2D eigenvalue weighted by molar-refractivity contribution is 6.05. The second kappa shape index (κ2) is 9.21. The molecule has 3 aromatic rings. The highest BCUT2D eigenvalue weighted by atomic mass is 16.5. The van der Waals surface area contributed by atoms with Crippen molar-refractivity contribution in [2.45, 2.75) is 20.8 Å². The monoisotopic (exact) mass is 418 g/mol. The van der Waals surface area contributed by atoms with Gasteiger partial charge in [-0.2, -0.15) is 0 Å². The molecule has 0 atom stereocenters. The van der Waals surface area contributed by atoms with Crippen LogP contribution in [0.4, 0.5) is 5.69 Å². The van der Waals surface area contributed by atoms with Crippen molar-refractivity contribution in [3.63, 3.8) is 0 Å². The molecule has 158 valence electrons. The molecule has 0 fully saturated rings. The molecule has 1 heterocycles. The number of rotatable bonds is 7. The Kier molecular flexibility index (Phi) is 6.45. The summed E-state index contributed by atoms with van der Waals surface area (Å²) in [5.41, 5.74) is 3.10. The van der Waals surface area contributed by atoms with Gasteiger partial charge in [-0.3, -0.25) is 14.4 Å². The number of esters is 1. The predicted molar refractivity (Wildman–Crippen MR) is 116 cm³/mol. The van der Waals surface area contributed by atoms with Crippen LogP contribution in [0.5, 0.6) is 0 Å². The SMILES string of the molecule is CC(=O)c1c(C)[nH]c(C(=O)OCC(=O)c2ccc(NC(=O)c3ccccc3)cc2)c1C. The van der Waals surface area contributed by atoms with E-state index in [1.165, 1.54) is 6.92 Å². The largest absolute Gasteiger partial charge is 0.453 e. The molecule has 1 amide bonds. The summed E-state index contributed by atoms with van der Waals surface area (Å²) in [5, 5.41) is 2.75. The Balaban J connectivity index is 1.60. The molecule has 2 aromatic carbocycles. The highest BCUT2D eigenvalue weighted by Gasteiger charge is 2.21. The van der Waals surface area contributed by atoms with E-state index in [-0.39, 0.29) is 23.2 Å².